The third-order valence-electron chi connectivity index (χ3n) is 1.31. The largest absolute Gasteiger partial charge is 0.192 e. The molecule has 2 rings (SSSR count). The van der Waals surface area contributed by atoms with E-state index in [1.54, 1.807) is 11.3 Å². The predicted molar refractivity (Wildman–Crippen MR) is 52.1 cm³/mol. The van der Waals surface area contributed by atoms with Crippen molar-refractivity contribution in [2.24, 2.45) is 0 Å². The van der Waals surface area contributed by atoms with Crippen molar-refractivity contribution in [3.8, 4) is 6.07 Å². The molecule has 0 aliphatic heterocycles. The molecule has 2 heterocycles. The summed E-state index contributed by atoms with van der Waals surface area (Å²) in [6.07, 6.45) is 0. The lowest BCUT2D eigenvalue weighted by Crippen LogP contribution is -1.52. The first-order valence-electron chi connectivity index (χ1n) is 2.88. The molecule has 0 aromatic carbocycles. The number of thiophene rings is 2. The standard InChI is InChI=1S/C7H2BrNS2/c8-5-3-10-6-1-4(2-9)11-7(5)6/h1,3H. The van der Waals surface area contributed by atoms with Crippen LogP contribution in [0.4, 0.5) is 0 Å². The summed E-state index contributed by atoms with van der Waals surface area (Å²) < 4.78 is 3.48. The first kappa shape index (κ1) is 7.29. The Morgan fingerprint density at radius 2 is 2.36 bits per heavy atom. The first-order chi connectivity index (χ1) is 5.31. The van der Waals surface area contributed by atoms with E-state index >= 15 is 0 Å². The number of rotatable bonds is 0. The highest BCUT2D eigenvalue weighted by atomic mass is 79.9. The van der Waals surface area contributed by atoms with Gasteiger partial charge in [-0.1, -0.05) is 0 Å². The molecule has 0 amide bonds. The highest BCUT2D eigenvalue weighted by molar-refractivity contribution is 9.10. The van der Waals surface area contributed by atoms with Crippen LogP contribution in [0.25, 0.3) is 9.40 Å². The van der Waals surface area contributed by atoms with Gasteiger partial charge in [-0.05, 0) is 22.0 Å². The molecule has 0 bridgehead atoms. The summed E-state index contributed by atoms with van der Waals surface area (Å²) in [5.41, 5.74) is 0. The normalized spacial score (nSPS) is 10.2. The molecule has 54 valence electrons. The highest BCUT2D eigenvalue weighted by Crippen LogP contribution is 2.36. The van der Waals surface area contributed by atoms with Crippen LogP contribution in [0.15, 0.2) is 15.9 Å². The first-order valence-corrected chi connectivity index (χ1v) is 5.37. The van der Waals surface area contributed by atoms with Crippen LogP contribution in [-0.2, 0) is 0 Å². The highest BCUT2D eigenvalue weighted by Gasteiger charge is 2.05. The van der Waals surface area contributed by atoms with E-state index in [2.05, 4.69) is 22.0 Å². The van der Waals surface area contributed by atoms with Crippen LogP contribution in [0.1, 0.15) is 4.88 Å². The van der Waals surface area contributed by atoms with Crippen LogP contribution < -0.4 is 0 Å². The molecule has 2 aromatic rings. The van der Waals surface area contributed by atoms with E-state index in [9.17, 15) is 0 Å². The Hall–Kier alpha value is -0.370. The SMILES string of the molecule is N#Cc1cc2scc(Br)c2s1. The fourth-order valence-corrected chi connectivity index (χ4v) is 3.65. The Balaban J connectivity index is 2.82. The van der Waals surface area contributed by atoms with E-state index in [4.69, 9.17) is 5.26 Å². The van der Waals surface area contributed by atoms with E-state index in [-0.39, 0.29) is 0 Å². The summed E-state index contributed by atoms with van der Waals surface area (Å²) in [7, 11) is 0. The van der Waals surface area contributed by atoms with Gasteiger partial charge in [-0.15, -0.1) is 22.7 Å². The molecule has 0 aliphatic rings. The predicted octanol–water partition coefficient (Wildman–Crippen LogP) is 3.60. The van der Waals surface area contributed by atoms with Gasteiger partial charge in [0.25, 0.3) is 0 Å². The smallest absolute Gasteiger partial charge is 0.110 e. The minimum absolute atomic E-state index is 0.785. The molecule has 4 heteroatoms. The van der Waals surface area contributed by atoms with Crippen LogP contribution in [0.3, 0.4) is 0 Å². The van der Waals surface area contributed by atoms with E-state index < -0.39 is 0 Å². The molecule has 0 radical (unpaired) electrons. The summed E-state index contributed by atoms with van der Waals surface area (Å²) in [5, 5.41) is 10.6. The Bertz CT molecular complexity index is 435. The summed E-state index contributed by atoms with van der Waals surface area (Å²) in [4.78, 5) is 0.785. The monoisotopic (exact) mass is 243 g/mol. The van der Waals surface area contributed by atoms with Gasteiger partial charge in [0.15, 0.2) is 0 Å². The second-order valence-electron chi connectivity index (χ2n) is 2.00. The molecule has 1 nitrogen and oxygen atoms in total. The number of hydrogen-bond acceptors (Lipinski definition) is 3. The molecule has 2 aromatic heterocycles. The fraction of sp³-hybridized carbons (Fsp3) is 0. The van der Waals surface area contributed by atoms with Crippen molar-refractivity contribution in [2.75, 3.05) is 0 Å². The molecular formula is C7H2BrNS2. The quantitative estimate of drug-likeness (QED) is 0.694. The molecule has 0 saturated carbocycles. The molecular weight excluding hydrogens is 242 g/mol. The Kier molecular flexibility index (Phi) is 1.72. The lowest BCUT2D eigenvalue weighted by Gasteiger charge is -1.74. The zero-order valence-corrected chi connectivity index (χ0v) is 8.52. The van der Waals surface area contributed by atoms with Gasteiger partial charge >= 0.3 is 0 Å². The van der Waals surface area contributed by atoms with Gasteiger partial charge in [0.2, 0.25) is 0 Å². The van der Waals surface area contributed by atoms with Gasteiger partial charge in [0, 0.05) is 14.6 Å². The number of nitrogens with zero attached hydrogens (tertiary/aromatic N) is 1. The number of halogens is 1. The molecule has 0 spiro atoms. The number of hydrogen-bond donors (Lipinski definition) is 0. The van der Waals surface area contributed by atoms with E-state index in [0.29, 0.717) is 0 Å². The lowest BCUT2D eigenvalue weighted by atomic mass is 10.5. The molecule has 0 fully saturated rings. The van der Waals surface area contributed by atoms with Gasteiger partial charge in [0.1, 0.15) is 10.9 Å². The summed E-state index contributed by atoms with van der Waals surface area (Å²) in [6.45, 7) is 0. The van der Waals surface area contributed by atoms with Crippen LogP contribution in [0.2, 0.25) is 0 Å². The Labute approximate surface area is 80.0 Å². The van der Waals surface area contributed by atoms with Gasteiger partial charge in [-0.25, -0.2) is 0 Å². The van der Waals surface area contributed by atoms with Crippen molar-refractivity contribution in [3.63, 3.8) is 0 Å². The average Bonchev–Trinajstić information content (AvgIpc) is 2.53. The van der Waals surface area contributed by atoms with Crippen molar-refractivity contribution >= 4 is 48.0 Å². The molecule has 0 saturated heterocycles. The maximum Gasteiger partial charge on any atom is 0.110 e. The second-order valence-corrected chi connectivity index (χ2v) is 4.82. The van der Waals surface area contributed by atoms with Gasteiger partial charge in [-0.2, -0.15) is 5.26 Å². The van der Waals surface area contributed by atoms with Crippen molar-refractivity contribution in [1.82, 2.24) is 0 Å². The maximum absolute atomic E-state index is 8.60. The summed E-state index contributed by atoms with van der Waals surface area (Å²) in [6, 6.07) is 4.06. The third kappa shape index (κ3) is 1.09. The lowest BCUT2D eigenvalue weighted by molar-refractivity contribution is 1.53. The topological polar surface area (TPSA) is 23.8 Å². The zero-order chi connectivity index (χ0) is 7.84. The van der Waals surface area contributed by atoms with E-state index in [1.807, 2.05) is 11.4 Å². The van der Waals surface area contributed by atoms with Gasteiger partial charge in [0.05, 0.1) is 4.70 Å². The fourth-order valence-electron chi connectivity index (χ4n) is 0.852. The minimum Gasteiger partial charge on any atom is -0.192 e. The number of fused-ring (bicyclic) bond motifs is 1. The van der Waals surface area contributed by atoms with Crippen LogP contribution in [0.5, 0.6) is 0 Å². The average molecular weight is 244 g/mol. The van der Waals surface area contributed by atoms with Gasteiger partial charge in [-0.3, -0.25) is 0 Å². The summed E-state index contributed by atoms with van der Waals surface area (Å²) >= 11 is 6.62. The van der Waals surface area contributed by atoms with Crippen LogP contribution in [0, 0.1) is 11.3 Å². The van der Waals surface area contributed by atoms with Crippen molar-refractivity contribution in [1.29, 1.82) is 5.26 Å². The summed E-state index contributed by atoms with van der Waals surface area (Å²) in [5.74, 6) is 0. The minimum atomic E-state index is 0.785. The number of nitriles is 1. The van der Waals surface area contributed by atoms with Gasteiger partial charge < -0.3 is 0 Å². The van der Waals surface area contributed by atoms with Crippen molar-refractivity contribution < 1.29 is 0 Å². The Morgan fingerprint density at radius 3 is 3.00 bits per heavy atom. The molecule has 0 atom stereocenters. The van der Waals surface area contributed by atoms with Crippen LogP contribution >= 0.6 is 38.6 Å². The molecule has 0 N–H and O–H groups in total. The van der Waals surface area contributed by atoms with Crippen LogP contribution in [-0.4, -0.2) is 0 Å². The second kappa shape index (κ2) is 2.59. The Morgan fingerprint density at radius 1 is 1.55 bits per heavy atom. The van der Waals surface area contributed by atoms with E-state index in [0.717, 1.165) is 9.35 Å². The molecule has 0 aliphatic carbocycles. The third-order valence-corrected chi connectivity index (χ3v) is 4.64. The molecule has 0 unspecified atom stereocenters. The zero-order valence-electron chi connectivity index (χ0n) is 5.30. The van der Waals surface area contributed by atoms with Crippen molar-refractivity contribution in [2.45, 2.75) is 0 Å². The maximum atomic E-state index is 8.60. The van der Waals surface area contributed by atoms with E-state index in [1.165, 1.54) is 20.7 Å². The molecule has 11 heavy (non-hydrogen) atoms. The van der Waals surface area contributed by atoms with Crippen molar-refractivity contribution in [3.05, 3.63) is 20.8 Å².